The Morgan fingerprint density at radius 2 is 2.28 bits per heavy atom. The number of likely N-dealkylation sites (N-methyl/N-ethyl adjacent to an activating group) is 1. The summed E-state index contributed by atoms with van der Waals surface area (Å²) in [6.07, 6.45) is 6.76. The summed E-state index contributed by atoms with van der Waals surface area (Å²) in [5.74, 6) is 0.728. The number of nitrogens with one attached hydrogen (secondary N) is 1. The zero-order chi connectivity index (χ0) is 12.4. The van der Waals surface area contributed by atoms with E-state index in [0.29, 0.717) is 6.04 Å². The van der Waals surface area contributed by atoms with Crippen molar-refractivity contribution in [3.63, 3.8) is 0 Å². The van der Waals surface area contributed by atoms with Gasteiger partial charge < -0.3 is 15.0 Å². The lowest BCUT2D eigenvalue weighted by atomic mass is 9.89. The van der Waals surface area contributed by atoms with Crippen molar-refractivity contribution in [2.45, 2.75) is 30.9 Å². The highest BCUT2D eigenvalue weighted by molar-refractivity contribution is 5.25. The maximum Gasteiger partial charge on any atom is 0.222 e. The van der Waals surface area contributed by atoms with Crippen LogP contribution < -0.4 is 5.32 Å². The predicted molar refractivity (Wildman–Crippen MR) is 69.5 cm³/mol. The van der Waals surface area contributed by atoms with Crippen molar-refractivity contribution >= 4 is 5.95 Å². The largest absolute Gasteiger partial charge is 0.373 e. The van der Waals surface area contributed by atoms with Gasteiger partial charge in [-0.3, -0.25) is 0 Å². The normalized spacial score (nSPS) is 32.8. The van der Waals surface area contributed by atoms with Crippen LogP contribution in [0.25, 0.3) is 0 Å². The Balaban J connectivity index is 1.64. The van der Waals surface area contributed by atoms with E-state index in [4.69, 9.17) is 4.74 Å². The molecule has 0 saturated carbocycles. The van der Waals surface area contributed by atoms with Crippen LogP contribution in [-0.4, -0.2) is 53.3 Å². The molecule has 18 heavy (non-hydrogen) atoms. The Hall–Kier alpha value is -1.20. The number of rotatable bonds is 2. The molecule has 2 saturated heterocycles. The van der Waals surface area contributed by atoms with Gasteiger partial charge in [0.15, 0.2) is 0 Å². The summed E-state index contributed by atoms with van der Waals surface area (Å²) in [7, 11) is 2.16. The van der Waals surface area contributed by atoms with Crippen LogP contribution in [0.3, 0.4) is 0 Å². The second kappa shape index (κ2) is 4.82. The van der Waals surface area contributed by atoms with Crippen LogP contribution in [-0.2, 0) is 4.74 Å². The van der Waals surface area contributed by atoms with Crippen LogP contribution in [0.5, 0.6) is 0 Å². The summed E-state index contributed by atoms with van der Waals surface area (Å²) >= 11 is 0. The zero-order valence-corrected chi connectivity index (χ0v) is 10.8. The molecule has 0 radical (unpaired) electrons. The molecule has 3 rings (SSSR count). The standard InChI is InChI=1S/C13H20N4O/c1-17-7-4-13(10-17)9-11(3-8-18-13)16-12-14-5-2-6-15-12/h2,5-6,11H,3-4,7-10H2,1H3,(H,14,15,16)/t11-,13-/m0/s1. The van der Waals surface area contributed by atoms with E-state index < -0.39 is 0 Å². The number of ether oxygens (including phenoxy) is 1. The summed E-state index contributed by atoms with van der Waals surface area (Å²) in [5.41, 5.74) is 0.0550. The van der Waals surface area contributed by atoms with Gasteiger partial charge >= 0.3 is 0 Å². The van der Waals surface area contributed by atoms with Crippen molar-refractivity contribution in [1.82, 2.24) is 14.9 Å². The first-order valence-corrected chi connectivity index (χ1v) is 6.62. The molecule has 1 aromatic heterocycles. The highest BCUT2D eigenvalue weighted by atomic mass is 16.5. The van der Waals surface area contributed by atoms with Crippen LogP contribution >= 0.6 is 0 Å². The van der Waals surface area contributed by atoms with Crippen LogP contribution in [0.1, 0.15) is 19.3 Å². The van der Waals surface area contributed by atoms with E-state index in [1.807, 2.05) is 6.07 Å². The van der Waals surface area contributed by atoms with Crippen LogP contribution in [0.15, 0.2) is 18.5 Å². The second-order valence-corrected chi connectivity index (χ2v) is 5.43. The van der Waals surface area contributed by atoms with E-state index in [0.717, 1.165) is 44.9 Å². The van der Waals surface area contributed by atoms with E-state index in [-0.39, 0.29) is 5.60 Å². The van der Waals surface area contributed by atoms with Crippen molar-refractivity contribution in [2.24, 2.45) is 0 Å². The molecule has 2 atom stereocenters. The lowest BCUT2D eigenvalue weighted by Gasteiger charge is -2.38. The SMILES string of the molecule is CN1CC[C@]2(C[C@@H](Nc3ncccn3)CCO2)C1. The van der Waals surface area contributed by atoms with E-state index in [1.54, 1.807) is 12.4 Å². The predicted octanol–water partition coefficient (Wildman–Crippen LogP) is 1.14. The molecule has 1 spiro atoms. The molecule has 98 valence electrons. The average molecular weight is 248 g/mol. The van der Waals surface area contributed by atoms with Gasteiger partial charge in [-0.05, 0) is 32.4 Å². The zero-order valence-electron chi connectivity index (χ0n) is 10.8. The third-order valence-corrected chi connectivity index (χ3v) is 3.90. The third kappa shape index (κ3) is 2.47. The maximum atomic E-state index is 6.04. The van der Waals surface area contributed by atoms with Crippen molar-refractivity contribution in [2.75, 3.05) is 32.1 Å². The first kappa shape index (κ1) is 11.9. The minimum atomic E-state index is 0.0550. The summed E-state index contributed by atoms with van der Waals surface area (Å²) < 4.78 is 6.04. The van der Waals surface area contributed by atoms with Crippen molar-refractivity contribution in [3.05, 3.63) is 18.5 Å². The molecule has 0 unspecified atom stereocenters. The fourth-order valence-electron chi connectivity index (χ4n) is 3.04. The van der Waals surface area contributed by atoms with Gasteiger partial charge in [0, 0.05) is 38.1 Å². The smallest absolute Gasteiger partial charge is 0.222 e. The number of hydrogen-bond acceptors (Lipinski definition) is 5. The van der Waals surface area contributed by atoms with Gasteiger partial charge in [-0.25, -0.2) is 9.97 Å². The molecular weight excluding hydrogens is 228 g/mol. The Morgan fingerprint density at radius 3 is 3.00 bits per heavy atom. The third-order valence-electron chi connectivity index (χ3n) is 3.90. The molecule has 1 aromatic rings. The topological polar surface area (TPSA) is 50.3 Å². The molecule has 0 aliphatic carbocycles. The van der Waals surface area contributed by atoms with Crippen molar-refractivity contribution in [3.8, 4) is 0 Å². The van der Waals surface area contributed by atoms with Crippen LogP contribution in [0.4, 0.5) is 5.95 Å². The van der Waals surface area contributed by atoms with E-state index >= 15 is 0 Å². The summed E-state index contributed by atoms with van der Waals surface area (Å²) in [6, 6.07) is 2.26. The number of anilines is 1. The number of nitrogens with zero attached hydrogens (tertiary/aromatic N) is 3. The number of likely N-dealkylation sites (tertiary alicyclic amines) is 1. The van der Waals surface area contributed by atoms with Crippen LogP contribution in [0, 0.1) is 0 Å². The summed E-state index contributed by atoms with van der Waals surface area (Å²) in [5, 5.41) is 3.43. The fraction of sp³-hybridized carbons (Fsp3) is 0.692. The monoisotopic (exact) mass is 248 g/mol. The van der Waals surface area contributed by atoms with Gasteiger partial charge in [0.1, 0.15) is 0 Å². The molecule has 5 nitrogen and oxygen atoms in total. The Kier molecular flexibility index (Phi) is 3.18. The fourth-order valence-corrected chi connectivity index (χ4v) is 3.04. The maximum absolute atomic E-state index is 6.04. The average Bonchev–Trinajstić information content (AvgIpc) is 2.72. The molecule has 5 heteroatoms. The summed E-state index contributed by atoms with van der Waals surface area (Å²) in [6.45, 7) is 3.01. The van der Waals surface area contributed by atoms with Crippen LogP contribution in [0.2, 0.25) is 0 Å². The van der Waals surface area contributed by atoms with E-state index in [9.17, 15) is 0 Å². The van der Waals surface area contributed by atoms with E-state index in [2.05, 4.69) is 27.2 Å². The van der Waals surface area contributed by atoms with Gasteiger partial charge in [0.05, 0.1) is 5.60 Å². The molecule has 1 N–H and O–H groups in total. The molecular formula is C13H20N4O. The van der Waals surface area contributed by atoms with Crippen molar-refractivity contribution < 1.29 is 4.74 Å². The first-order valence-electron chi connectivity index (χ1n) is 6.62. The molecule has 2 aliphatic rings. The Morgan fingerprint density at radius 1 is 1.44 bits per heavy atom. The molecule has 0 bridgehead atoms. The lowest BCUT2D eigenvalue weighted by Crippen LogP contribution is -2.46. The van der Waals surface area contributed by atoms with Gasteiger partial charge in [0.2, 0.25) is 5.95 Å². The minimum Gasteiger partial charge on any atom is -0.373 e. The molecule has 2 fully saturated rings. The van der Waals surface area contributed by atoms with Gasteiger partial charge in [0.25, 0.3) is 0 Å². The number of hydrogen-bond donors (Lipinski definition) is 1. The van der Waals surface area contributed by atoms with E-state index in [1.165, 1.54) is 0 Å². The van der Waals surface area contributed by atoms with Crippen molar-refractivity contribution in [1.29, 1.82) is 0 Å². The van der Waals surface area contributed by atoms with Gasteiger partial charge in [-0.15, -0.1) is 0 Å². The minimum absolute atomic E-state index is 0.0550. The highest BCUT2D eigenvalue weighted by Gasteiger charge is 2.42. The van der Waals surface area contributed by atoms with Gasteiger partial charge in [-0.1, -0.05) is 0 Å². The molecule has 2 aliphatic heterocycles. The quantitative estimate of drug-likeness (QED) is 0.850. The lowest BCUT2D eigenvalue weighted by molar-refractivity contribution is -0.0723. The summed E-state index contributed by atoms with van der Waals surface area (Å²) in [4.78, 5) is 10.8. The highest BCUT2D eigenvalue weighted by Crippen LogP contribution is 2.34. The molecule has 0 aromatic carbocycles. The molecule has 3 heterocycles. The Bertz CT molecular complexity index is 395. The second-order valence-electron chi connectivity index (χ2n) is 5.43. The molecule has 0 amide bonds. The first-order chi connectivity index (χ1) is 8.76. The Labute approximate surface area is 108 Å². The number of aromatic nitrogens is 2. The van der Waals surface area contributed by atoms with Gasteiger partial charge in [-0.2, -0.15) is 0 Å².